The van der Waals surface area contributed by atoms with Crippen molar-refractivity contribution in [2.24, 2.45) is 5.92 Å². The minimum Gasteiger partial charge on any atom is -0.383 e. The number of nitrogens with one attached hydrogen (secondary N) is 2. The number of carbonyl (C=O) groups excluding carboxylic acids is 1. The summed E-state index contributed by atoms with van der Waals surface area (Å²) in [5.41, 5.74) is 0.765. The van der Waals surface area contributed by atoms with Gasteiger partial charge in [-0.1, -0.05) is 19.3 Å². The molecule has 1 aliphatic rings. The Kier molecular flexibility index (Phi) is 6.76. The van der Waals surface area contributed by atoms with Gasteiger partial charge in [0.05, 0.1) is 24.7 Å². The number of hydrogen-bond acceptors (Lipinski definition) is 6. The highest BCUT2D eigenvalue weighted by Crippen LogP contribution is 2.26. The zero-order chi connectivity index (χ0) is 18.2. The summed E-state index contributed by atoms with van der Waals surface area (Å²) in [4.78, 5) is 20.7. The van der Waals surface area contributed by atoms with Crippen molar-refractivity contribution in [3.63, 3.8) is 0 Å². The lowest BCUT2D eigenvalue weighted by Crippen LogP contribution is -2.29. The largest absolute Gasteiger partial charge is 0.383 e. The fourth-order valence-corrected chi connectivity index (χ4v) is 3.50. The quantitative estimate of drug-likeness (QED) is 0.664. The maximum absolute atomic E-state index is 12.1. The summed E-state index contributed by atoms with van der Waals surface area (Å²) in [6.07, 6.45) is 10.1. The average Bonchev–Trinajstić information content (AvgIpc) is 3.07. The molecule has 2 N–H and O–H groups in total. The van der Waals surface area contributed by atoms with E-state index in [0.717, 1.165) is 16.9 Å². The molecule has 1 fully saturated rings. The third-order valence-electron chi connectivity index (χ3n) is 4.88. The van der Waals surface area contributed by atoms with Crippen LogP contribution in [0.4, 0.5) is 5.82 Å². The van der Waals surface area contributed by atoms with Crippen molar-refractivity contribution in [1.82, 2.24) is 25.1 Å². The number of rotatable bonds is 9. The van der Waals surface area contributed by atoms with Crippen LogP contribution in [0.1, 0.15) is 38.5 Å². The number of nitrogens with zero attached hydrogens (tertiary/aromatic N) is 4. The first-order valence-corrected chi connectivity index (χ1v) is 9.44. The first-order chi connectivity index (χ1) is 12.8. The fraction of sp³-hybridized carbons (Fsp3) is 0.667. The molecule has 2 heterocycles. The molecule has 0 spiro atoms. The number of aromatic nitrogens is 4. The van der Waals surface area contributed by atoms with Gasteiger partial charge in [-0.25, -0.2) is 14.6 Å². The molecule has 0 saturated heterocycles. The Morgan fingerprint density at radius 2 is 2.12 bits per heavy atom. The summed E-state index contributed by atoms with van der Waals surface area (Å²) in [5, 5.41) is 11.5. The van der Waals surface area contributed by atoms with Crippen LogP contribution in [-0.4, -0.2) is 52.5 Å². The monoisotopic (exact) mass is 360 g/mol. The number of hydrogen-bond donors (Lipinski definition) is 2. The second-order valence-corrected chi connectivity index (χ2v) is 6.80. The number of amides is 1. The molecule has 1 saturated carbocycles. The van der Waals surface area contributed by atoms with Crippen LogP contribution in [0.3, 0.4) is 0 Å². The van der Waals surface area contributed by atoms with E-state index in [2.05, 4.69) is 25.7 Å². The van der Waals surface area contributed by atoms with Crippen LogP contribution in [0, 0.1) is 5.92 Å². The number of carbonyl (C=O) groups is 1. The first-order valence-electron chi connectivity index (χ1n) is 9.44. The summed E-state index contributed by atoms with van der Waals surface area (Å²) < 4.78 is 6.85. The van der Waals surface area contributed by atoms with E-state index >= 15 is 0 Å². The summed E-state index contributed by atoms with van der Waals surface area (Å²) in [7, 11) is 1.66. The predicted octanol–water partition coefficient (Wildman–Crippen LogP) is 1.97. The van der Waals surface area contributed by atoms with E-state index in [1.807, 2.05) is 0 Å². The third kappa shape index (κ3) is 4.91. The highest BCUT2D eigenvalue weighted by molar-refractivity contribution is 5.86. The summed E-state index contributed by atoms with van der Waals surface area (Å²) in [6.45, 7) is 2.42. The highest BCUT2D eigenvalue weighted by atomic mass is 16.5. The van der Waals surface area contributed by atoms with Crippen molar-refractivity contribution in [3.8, 4) is 0 Å². The number of ether oxygens (including phenoxy) is 1. The van der Waals surface area contributed by atoms with Gasteiger partial charge < -0.3 is 15.4 Å². The second kappa shape index (κ2) is 9.47. The summed E-state index contributed by atoms with van der Waals surface area (Å²) >= 11 is 0. The van der Waals surface area contributed by atoms with E-state index in [9.17, 15) is 4.79 Å². The van der Waals surface area contributed by atoms with Gasteiger partial charge in [-0.3, -0.25) is 4.79 Å². The molecule has 2 aromatic rings. The van der Waals surface area contributed by atoms with Crippen LogP contribution < -0.4 is 10.6 Å². The molecule has 0 unspecified atom stereocenters. The fourth-order valence-electron chi connectivity index (χ4n) is 3.50. The van der Waals surface area contributed by atoms with E-state index < -0.39 is 0 Å². The maximum atomic E-state index is 12.1. The summed E-state index contributed by atoms with van der Waals surface area (Å²) in [5.74, 6) is 1.45. The molecule has 1 aliphatic carbocycles. The van der Waals surface area contributed by atoms with E-state index in [1.54, 1.807) is 18.0 Å². The molecule has 142 valence electrons. The highest BCUT2D eigenvalue weighted by Gasteiger charge is 2.17. The van der Waals surface area contributed by atoms with Gasteiger partial charge in [-0.15, -0.1) is 0 Å². The lowest BCUT2D eigenvalue weighted by atomic mass is 9.87. The van der Waals surface area contributed by atoms with Crippen LogP contribution in [0.2, 0.25) is 0 Å². The van der Waals surface area contributed by atoms with E-state index in [4.69, 9.17) is 4.74 Å². The van der Waals surface area contributed by atoms with Gasteiger partial charge in [-0.2, -0.15) is 5.10 Å². The molecular weight excluding hydrogens is 332 g/mol. The minimum absolute atomic E-state index is 0.143. The second-order valence-electron chi connectivity index (χ2n) is 6.80. The van der Waals surface area contributed by atoms with Crippen LogP contribution >= 0.6 is 0 Å². The lowest BCUT2D eigenvalue weighted by molar-refractivity contribution is -0.122. The van der Waals surface area contributed by atoms with Gasteiger partial charge in [0.1, 0.15) is 12.1 Å². The van der Waals surface area contributed by atoms with Crippen molar-refractivity contribution in [1.29, 1.82) is 0 Å². The van der Waals surface area contributed by atoms with Crippen molar-refractivity contribution in [2.45, 2.75) is 45.1 Å². The molecule has 0 aliphatic heterocycles. The Morgan fingerprint density at radius 3 is 2.92 bits per heavy atom. The molecule has 8 heteroatoms. The average molecular weight is 360 g/mol. The molecule has 0 radical (unpaired) electrons. The Labute approximate surface area is 153 Å². The maximum Gasteiger partial charge on any atom is 0.220 e. The Bertz CT molecular complexity index is 711. The van der Waals surface area contributed by atoms with Crippen molar-refractivity contribution >= 4 is 22.8 Å². The normalized spacial score (nSPS) is 15.3. The van der Waals surface area contributed by atoms with Crippen molar-refractivity contribution in [2.75, 3.05) is 32.1 Å². The number of fused-ring (bicyclic) bond motifs is 1. The Hall–Kier alpha value is -2.22. The van der Waals surface area contributed by atoms with Crippen molar-refractivity contribution in [3.05, 3.63) is 12.5 Å². The SMILES string of the molecule is COCCNc1ncnc2c1cnn2CCNC(=O)CC1CCCCC1. The number of anilines is 1. The lowest BCUT2D eigenvalue weighted by Gasteiger charge is -2.20. The van der Waals surface area contributed by atoms with Crippen LogP contribution in [0.15, 0.2) is 12.5 Å². The van der Waals surface area contributed by atoms with E-state index in [1.165, 1.54) is 38.4 Å². The minimum atomic E-state index is 0.143. The van der Waals surface area contributed by atoms with Gasteiger partial charge >= 0.3 is 0 Å². The first kappa shape index (κ1) is 18.6. The van der Waals surface area contributed by atoms with E-state index in [-0.39, 0.29) is 5.91 Å². The molecule has 0 atom stereocenters. The standard InChI is InChI=1S/C18H28N6O2/c1-26-10-8-20-17-15-12-23-24(18(15)22-13-21-17)9-7-19-16(25)11-14-5-3-2-4-6-14/h12-14H,2-11H2,1H3,(H,19,25)(H,20,21,22). The van der Waals surface area contributed by atoms with Crippen molar-refractivity contribution < 1.29 is 9.53 Å². The molecule has 8 nitrogen and oxygen atoms in total. The zero-order valence-corrected chi connectivity index (χ0v) is 15.4. The molecule has 0 aromatic carbocycles. The summed E-state index contributed by atoms with van der Waals surface area (Å²) in [6, 6.07) is 0. The molecular formula is C18H28N6O2. The van der Waals surface area contributed by atoms with Gasteiger partial charge in [0.15, 0.2) is 5.65 Å². The predicted molar refractivity (Wildman–Crippen MR) is 99.9 cm³/mol. The zero-order valence-electron chi connectivity index (χ0n) is 15.4. The topological polar surface area (TPSA) is 94.0 Å². The molecule has 2 aromatic heterocycles. The Morgan fingerprint density at radius 1 is 1.27 bits per heavy atom. The molecule has 26 heavy (non-hydrogen) atoms. The number of methoxy groups -OCH3 is 1. The third-order valence-corrected chi connectivity index (χ3v) is 4.88. The molecule has 3 rings (SSSR count). The van der Waals surface area contributed by atoms with Crippen LogP contribution in [-0.2, 0) is 16.1 Å². The smallest absolute Gasteiger partial charge is 0.220 e. The Balaban J connectivity index is 1.51. The molecule has 1 amide bonds. The van der Waals surface area contributed by atoms with Gasteiger partial charge in [0.25, 0.3) is 0 Å². The van der Waals surface area contributed by atoms with Crippen LogP contribution in [0.25, 0.3) is 11.0 Å². The van der Waals surface area contributed by atoms with Crippen LogP contribution in [0.5, 0.6) is 0 Å². The van der Waals surface area contributed by atoms with E-state index in [0.29, 0.717) is 38.6 Å². The van der Waals surface area contributed by atoms with Gasteiger partial charge in [0.2, 0.25) is 5.91 Å². The molecule has 0 bridgehead atoms. The van der Waals surface area contributed by atoms with Gasteiger partial charge in [0, 0.05) is 26.6 Å². The van der Waals surface area contributed by atoms with Gasteiger partial charge in [-0.05, 0) is 18.8 Å².